The summed E-state index contributed by atoms with van der Waals surface area (Å²) in [5.74, 6) is -0.339. The van der Waals surface area contributed by atoms with Gasteiger partial charge in [-0.3, -0.25) is 0 Å². The number of hydrogen-bond donors (Lipinski definition) is 2. The summed E-state index contributed by atoms with van der Waals surface area (Å²) in [4.78, 5) is 0. The van der Waals surface area contributed by atoms with Crippen molar-refractivity contribution in [2.45, 2.75) is 26.4 Å². The van der Waals surface area contributed by atoms with Gasteiger partial charge >= 0.3 is 0 Å². The summed E-state index contributed by atoms with van der Waals surface area (Å²) in [7, 11) is 0. The third-order valence-electron chi connectivity index (χ3n) is 3.15. The average Bonchev–Trinajstić information content (AvgIpc) is 2.17. The average molecular weight is 220 g/mol. The minimum absolute atomic E-state index is 0.101. The maximum absolute atomic E-state index is 10.6. The Labute approximate surface area is 97.2 Å². The maximum Gasteiger partial charge on any atom is 0.0957 e. The molecule has 0 aliphatic heterocycles. The summed E-state index contributed by atoms with van der Waals surface area (Å²) < 4.78 is 0. The summed E-state index contributed by atoms with van der Waals surface area (Å²) >= 11 is 0. The van der Waals surface area contributed by atoms with Crippen LogP contribution in [0.5, 0.6) is 0 Å². The highest BCUT2D eigenvalue weighted by Gasteiger charge is 2.34. The van der Waals surface area contributed by atoms with E-state index in [1.807, 2.05) is 38.1 Å². The summed E-state index contributed by atoms with van der Waals surface area (Å²) in [5, 5.41) is 19.9. The molecular formula is C14H20O2. The van der Waals surface area contributed by atoms with E-state index in [2.05, 4.69) is 6.58 Å². The molecule has 0 fully saturated rings. The first-order valence-corrected chi connectivity index (χ1v) is 5.46. The highest BCUT2D eigenvalue weighted by atomic mass is 16.3. The highest BCUT2D eigenvalue weighted by molar-refractivity contribution is 5.33. The lowest BCUT2D eigenvalue weighted by Crippen LogP contribution is -2.35. The molecule has 0 bridgehead atoms. The van der Waals surface area contributed by atoms with Crippen LogP contribution in [0, 0.1) is 12.8 Å². The Bertz CT molecular complexity index is 380. The monoisotopic (exact) mass is 220 g/mol. The maximum atomic E-state index is 10.6. The van der Waals surface area contributed by atoms with E-state index in [1.165, 1.54) is 0 Å². The molecular weight excluding hydrogens is 200 g/mol. The molecule has 0 aliphatic carbocycles. The van der Waals surface area contributed by atoms with Crippen LogP contribution in [0.1, 0.15) is 25.0 Å². The van der Waals surface area contributed by atoms with Gasteiger partial charge in [0.15, 0.2) is 0 Å². The first-order chi connectivity index (χ1) is 7.41. The van der Waals surface area contributed by atoms with Crippen LogP contribution in [0.3, 0.4) is 0 Å². The lowest BCUT2D eigenvalue weighted by atomic mass is 9.78. The molecule has 0 aliphatic rings. The zero-order chi connectivity index (χ0) is 12.3. The minimum atomic E-state index is -1.08. The molecule has 2 nitrogen and oxygen atoms in total. The fourth-order valence-electron chi connectivity index (χ4n) is 2.14. The van der Waals surface area contributed by atoms with E-state index in [1.54, 1.807) is 6.92 Å². The molecule has 16 heavy (non-hydrogen) atoms. The van der Waals surface area contributed by atoms with Crippen molar-refractivity contribution in [3.63, 3.8) is 0 Å². The molecule has 1 aromatic carbocycles. The van der Waals surface area contributed by atoms with Crippen LogP contribution in [0.15, 0.2) is 36.4 Å². The number of aliphatic hydroxyl groups is 2. The Morgan fingerprint density at radius 2 is 2.00 bits per heavy atom. The Morgan fingerprint density at radius 3 is 2.44 bits per heavy atom. The molecule has 0 saturated carbocycles. The molecule has 1 rings (SSSR count). The number of aryl methyl sites for hydroxylation is 1. The van der Waals surface area contributed by atoms with Crippen molar-refractivity contribution < 1.29 is 10.2 Å². The molecule has 88 valence electrons. The van der Waals surface area contributed by atoms with E-state index in [0.717, 1.165) is 16.7 Å². The second kappa shape index (κ2) is 4.81. The van der Waals surface area contributed by atoms with Crippen LogP contribution in [0.25, 0.3) is 0 Å². The fourth-order valence-corrected chi connectivity index (χ4v) is 2.14. The number of aliphatic hydroxyl groups excluding tert-OH is 1. The van der Waals surface area contributed by atoms with Crippen molar-refractivity contribution >= 4 is 0 Å². The van der Waals surface area contributed by atoms with Gasteiger partial charge in [-0.1, -0.05) is 36.4 Å². The van der Waals surface area contributed by atoms with Gasteiger partial charge in [0.1, 0.15) is 0 Å². The first kappa shape index (κ1) is 12.9. The smallest absolute Gasteiger partial charge is 0.0957 e. The second-order valence-corrected chi connectivity index (χ2v) is 4.54. The molecule has 2 N–H and O–H groups in total. The van der Waals surface area contributed by atoms with Crippen LogP contribution < -0.4 is 0 Å². The largest absolute Gasteiger partial charge is 0.396 e. The zero-order valence-corrected chi connectivity index (χ0v) is 10.2. The van der Waals surface area contributed by atoms with Gasteiger partial charge < -0.3 is 10.2 Å². The zero-order valence-electron chi connectivity index (χ0n) is 10.2. The fraction of sp³-hybridized carbons (Fsp3) is 0.429. The van der Waals surface area contributed by atoms with E-state index in [9.17, 15) is 10.2 Å². The molecule has 2 heteroatoms. The van der Waals surface area contributed by atoms with Crippen LogP contribution in [0.2, 0.25) is 0 Å². The third-order valence-corrected chi connectivity index (χ3v) is 3.15. The molecule has 0 radical (unpaired) electrons. The Balaban J connectivity index is 3.19. The van der Waals surface area contributed by atoms with Crippen LogP contribution in [-0.4, -0.2) is 16.8 Å². The van der Waals surface area contributed by atoms with Gasteiger partial charge in [-0.2, -0.15) is 0 Å². The molecule has 0 saturated heterocycles. The van der Waals surface area contributed by atoms with Crippen molar-refractivity contribution in [2.24, 2.45) is 5.92 Å². The van der Waals surface area contributed by atoms with Gasteiger partial charge in [-0.05, 0) is 31.9 Å². The predicted octanol–water partition coefficient (Wildman–Crippen LogP) is 2.39. The second-order valence-electron chi connectivity index (χ2n) is 4.54. The quantitative estimate of drug-likeness (QED) is 0.765. The molecule has 0 unspecified atom stereocenters. The summed E-state index contributed by atoms with van der Waals surface area (Å²) in [6.45, 7) is 9.24. The van der Waals surface area contributed by atoms with Crippen molar-refractivity contribution in [2.75, 3.05) is 6.61 Å². The van der Waals surface area contributed by atoms with E-state index in [-0.39, 0.29) is 12.5 Å². The van der Waals surface area contributed by atoms with Gasteiger partial charge in [0, 0.05) is 5.92 Å². The Kier molecular flexibility index (Phi) is 3.89. The lowest BCUT2D eigenvalue weighted by molar-refractivity contribution is -0.0133. The summed E-state index contributed by atoms with van der Waals surface area (Å²) in [6.07, 6.45) is 0. The highest BCUT2D eigenvalue weighted by Crippen LogP contribution is 2.34. The molecule has 0 amide bonds. The van der Waals surface area contributed by atoms with Crippen molar-refractivity contribution in [1.82, 2.24) is 0 Å². The topological polar surface area (TPSA) is 40.5 Å². The van der Waals surface area contributed by atoms with Crippen LogP contribution in [0.4, 0.5) is 0 Å². The van der Waals surface area contributed by atoms with Crippen LogP contribution >= 0.6 is 0 Å². The molecule has 1 aromatic rings. The van der Waals surface area contributed by atoms with E-state index in [4.69, 9.17) is 0 Å². The van der Waals surface area contributed by atoms with E-state index in [0.29, 0.717) is 0 Å². The number of benzene rings is 1. The van der Waals surface area contributed by atoms with Crippen molar-refractivity contribution in [3.8, 4) is 0 Å². The normalized spacial score (nSPS) is 16.6. The Morgan fingerprint density at radius 1 is 1.44 bits per heavy atom. The van der Waals surface area contributed by atoms with Crippen LogP contribution in [-0.2, 0) is 5.60 Å². The number of hydrogen-bond acceptors (Lipinski definition) is 2. The SMILES string of the molecule is C=C(C)[C@H](CO)[C@](C)(O)c1ccccc1C. The molecule has 0 spiro atoms. The lowest BCUT2D eigenvalue weighted by Gasteiger charge is -2.33. The van der Waals surface area contributed by atoms with Crippen molar-refractivity contribution in [3.05, 3.63) is 47.5 Å². The van der Waals surface area contributed by atoms with Gasteiger partial charge in [-0.25, -0.2) is 0 Å². The molecule has 0 aromatic heterocycles. The van der Waals surface area contributed by atoms with Crippen molar-refractivity contribution in [1.29, 1.82) is 0 Å². The van der Waals surface area contributed by atoms with E-state index >= 15 is 0 Å². The Hall–Kier alpha value is -1.12. The standard InChI is InChI=1S/C14H20O2/c1-10(2)13(9-15)14(4,16)12-8-6-5-7-11(12)3/h5-8,13,15-16H,1,9H2,2-4H3/t13-,14+/m0/s1. The first-order valence-electron chi connectivity index (χ1n) is 5.46. The number of rotatable bonds is 4. The van der Waals surface area contributed by atoms with E-state index < -0.39 is 5.60 Å². The predicted molar refractivity (Wildman–Crippen MR) is 66.1 cm³/mol. The summed E-state index contributed by atoms with van der Waals surface area (Å²) in [5.41, 5.74) is 1.58. The van der Waals surface area contributed by atoms with Gasteiger partial charge in [0.05, 0.1) is 12.2 Å². The minimum Gasteiger partial charge on any atom is -0.396 e. The van der Waals surface area contributed by atoms with Gasteiger partial charge in [-0.15, -0.1) is 0 Å². The van der Waals surface area contributed by atoms with Gasteiger partial charge in [0.2, 0.25) is 0 Å². The molecule has 0 heterocycles. The summed E-state index contributed by atoms with van der Waals surface area (Å²) in [6, 6.07) is 7.67. The van der Waals surface area contributed by atoms with Gasteiger partial charge in [0.25, 0.3) is 0 Å². The molecule has 2 atom stereocenters. The third kappa shape index (κ3) is 2.34.